The monoisotopic (exact) mass is 111 g/mol. The second kappa shape index (κ2) is 2.20. The van der Waals surface area contributed by atoms with E-state index in [9.17, 15) is 0 Å². The van der Waals surface area contributed by atoms with Gasteiger partial charge in [-0.3, -0.25) is 0 Å². The van der Waals surface area contributed by atoms with Crippen molar-refractivity contribution in [2.24, 2.45) is 5.11 Å². The summed E-state index contributed by atoms with van der Waals surface area (Å²) in [5.41, 5.74) is 13.3. The highest BCUT2D eigenvalue weighted by Crippen LogP contribution is 1.92. The second-order valence-electron chi connectivity index (χ2n) is 1.28. The number of rotatable bonds is 1. The average Bonchev–Trinajstić information content (AvgIpc) is 2.19. The summed E-state index contributed by atoms with van der Waals surface area (Å²) >= 11 is 0. The summed E-state index contributed by atoms with van der Waals surface area (Å²) in [4.78, 5) is 2.57. The molecule has 0 fully saturated rings. The van der Waals surface area contributed by atoms with Crippen molar-refractivity contribution in [3.8, 4) is 0 Å². The summed E-state index contributed by atoms with van der Waals surface area (Å²) in [5.74, 6) is 0.549. The van der Waals surface area contributed by atoms with Crippen molar-refractivity contribution in [2.45, 2.75) is 0 Å². The normalized spacial score (nSPS) is 16.2. The molecule has 5 heteroatoms. The Hall–Kier alpha value is -1.19. The van der Waals surface area contributed by atoms with E-state index in [0.717, 1.165) is 0 Å². The molecule has 0 atom stereocenters. The molecular formula is C3H5N5. The Kier molecular flexibility index (Phi) is 1.37. The molecule has 0 radical (unpaired) electrons. The molecule has 0 amide bonds. The van der Waals surface area contributed by atoms with Crippen LogP contribution in [0.4, 0.5) is 0 Å². The lowest BCUT2D eigenvalue weighted by molar-refractivity contribution is 0.693. The predicted molar refractivity (Wildman–Crippen MR) is 28.4 cm³/mol. The van der Waals surface area contributed by atoms with Gasteiger partial charge in [-0.15, -0.1) is 0 Å². The Morgan fingerprint density at radius 1 is 1.88 bits per heavy atom. The molecule has 42 valence electrons. The van der Waals surface area contributed by atoms with E-state index in [-0.39, 0.29) is 0 Å². The van der Waals surface area contributed by atoms with Crippen LogP contribution >= 0.6 is 0 Å². The maximum atomic E-state index is 7.88. The van der Waals surface area contributed by atoms with Crippen LogP contribution in [0.1, 0.15) is 0 Å². The fourth-order valence-corrected chi connectivity index (χ4v) is 0.454. The Bertz CT molecular complexity index is 153. The molecule has 1 aliphatic rings. The first kappa shape index (κ1) is 4.96. The van der Waals surface area contributed by atoms with Crippen LogP contribution in [0.5, 0.6) is 0 Å². The van der Waals surface area contributed by atoms with Gasteiger partial charge in [0, 0.05) is 11.5 Å². The van der Waals surface area contributed by atoms with Gasteiger partial charge in [0.25, 0.3) is 0 Å². The SMILES string of the molecule is [N-]=[N+]=NC1=CCNN1. The Labute approximate surface area is 46.0 Å². The fraction of sp³-hybridized carbons (Fsp3) is 0.333. The highest BCUT2D eigenvalue weighted by atomic mass is 15.4. The van der Waals surface area contributed by atoms with Gasteiger partial charge in [-0.2, -0.15) is 0 Å². The van der Waals surface area contributed by atoms with Gasteiger partial charge in [-0.1, -0.05) is 0 Å². The third-order valence-electron chi connectivity index (χ3n) is 0.766. The van der Waals surface area contributed by atoms with Crippen LogP contribution in [0.15, 0.2) is 17.0 Å². The first-order valence-corrected chi connectivity index (χ1v) is 2.17. The van der Waals surface area contributed by atoms with Gasteiger partial charge in [-0.05, 0) is 16.7 Å². The number of hydrogen-bond acceptors (Lipinski definition) is 3. The van der Waals surface area contributed by atoms with E-state index in [2.05, 4.69) is 20.9 Å². The second-order valence-corrected chi connectivity index (χ2v) is 1.28. The van der Waals surface area contributed by atoms with Gasteiger partial charge in [0.2, 0.25) is 0 Å². The molecule has 0 aromatic carbocycles. The van der Waals surface area contributed by atoms with Crippen LogP contribution in [0.2, 0.25) is 0 Å². The zero-order valence-corrected chi connectivity index (χ0v) is 4.13. The summed E-state index contributed by atoms with van der Waals surface area (Å²) in [6.45, 7) is 0.717. The zero-order chi connectivity index (χ0) is 5.82. The van der Waals surface area contributed by atoms with Crippen molar-refractivity contribution in [1.29, 1.82) is 0 Å². The largest absolute Gasteiger partial charge is 0.320 e. The highest BCUT2D eigenvalue weighted by Gasteiger charge is 1.95. The Morgan fingerprint density at radius 3 is 3.25 bits per heavy atom. The Morgan fingerprint density at radius 2 is 2.75 bits per heavy atom. The average molecular weight is 111 g/mol. The molecule has 0 spiro atoms. The van der Waals surface area contributed by atoms with Crippen molar-refractivity contribution in [3.05, 3.63) is 22.3 Å². The van der Waals surface area contributed by atoms with E-state index in [4.69, 9.17) is 5.53 Å². The molecule has 0 aromatic heterocycles. The first-order chi connectivity index (χ1) is 3.93. The fourth-order valence-electron chi connectivity index (χ4n) is 0.454. The molecule has 1 heterocycles. The summed E-state index contributed by atoms with van der Waals surface area (Å²) < 4.78 is 0. The predicted octanol–water partition coefficient (Wildman–Crippen LogP) is 0.246. The maximum absolute atomic E-state index is 7.88. The van der Waals surface area contributed by atoms with E-state index in [1.165, 1.54) is 0 Å². The van der Waals surface area contributed by atoms with E-state index < -0.39 is 0 Å². The molecule has 8 heavy (non-hydrogen) atoms. The summed E-state index contributed by atoms with van der Waals surface area (Å²) in [7, 11) is 0. The summed E-state index contributed by atoms with van der Waals surface area (Å²) in [6, 6.07) is 0. The van der Waals surface area contributed by atoms with Gasteiger partial charge in [0.05, 0.1) is 0 Å². The lowest BCUT2D eigenvalue weighted by Crippen LogP contribution is -2.22. The number of azide groups is 1. The minimum Gasteiger partial charge on any atom is -0.320 e. The molecule has 0 saturated heterocycles. The third kappa shape index (κ3) is 0.900. The van der Waals surface area contributed by atoms with E-state index >= 15 is 0 Å². The molecule has 0 aromatic rings. The zero-order valence-electron chi connectivity index (χ0n) is 4.13. The maximum Gasteiger partial charge on any atom is 0.110 e. The number of hydrazine groups is 1. The third-order valence-corrected chi connectivity index (χ3v) is 0.766. The molecule has 2 N–H and O–H groups in total. The van der Waals surface area contributed by atoms with E-state index in [0.29, 0.717) is 12.4 Å². The minimum absolute atomic E-state index is 0.549. The highest BCUT2D eigenvalue weighted by molar-refractivity contribution is 5.02. The topological polar surface area (TPSA) is 72.8 Å². The molecule has 1 aliphatic heterocycles. The van der Waals surface area contributed by atoms with Crippen molar-refractivity contribution in [1.82, 2.24) is 10.9 Å². The van der Waals surface area contributed by atoms with Crippen molar-refractivity contribution in [2.75, 3.05) is 6.54 Å². The quantitative estimate of drug-likeness (QED) is 0.289. The van der Waals surface area contributed by atoms with Crippen molar-refractivity contribution < 1.29 is 0 Å². The van der Waals surface area contributed by atoms with Gasteiger partial charge < -0.3 is 5.43 Å². The van der Waals surface area contributed by atoms with Crippen LogP contribution in [0.3, 0.4) is 0 Å². The lowest BCUT2D eigenvalue weighted by atomic mass is 10.6. The Balaban J connectivity index is 2.57. The summed E-state index contributed by atoms with van der Waals surface area (Å²) in [6.07, 6.45) is 1.76. The van der Waals surface area contributed by atoms with Crippen LogP contribution in [0.25, 0.3) is 10.4 Å². The number of nitrogens with one attached hydrogen (secondary N) is 2. The lowest BCUT2D eigenvalue weighted by Gasteiger charge is -1.91. The van der Waals surface area contributed by atoms with Gasteiger partial charge >= 0.3 is 0 Å². The molecule has 0 bridgehead atoms. The van der Waals surface area contributed by atoms with Crippen LogP contribution < -0.4 is 10.9 Å². The van der Waals surface area contributed by atoms with Gasteiger partial charge in [0.1, 0.15) is 5.82 Å². The van der Waals surface area contributed by atoms with Gasteiger partial charge in [0.15, 0.2) is 0 Å². The van der Waals surface area contributed by atoms with Crippen LogP contribution in [-0.4, -0.2) is 6.54 Å². The van der Waals surface area contributed by atoms with Crippen molar-refractivity contribution in [3.63, 3.8) is 0 Å². The molecular weight excluding hydrogens is 106 g/mol. The standard InChI is InChI=1S/C3H5N5/c4-8-7-3-1-2-5-6-3/h1,5-6H,2H2. The van der Waals surface area contributed by atoms with Crippen LogP contribution in [-0.2, 0) is 0 Å². The smallest absolute Gasteiger partial charge is 0.110 e. The van der Waals surface area contributed by atoms with Crippen LogP contribution in [0, 0.1) is 0 Å². The molecule has 5 nitrogen and oxygen atoms in total. The first-order valence-electron chi connectivity index (χ1n) is 2.17. The number of nitrogens with zero attached hydrogens (tertiary/aromatic N) is 3. The molecule has 0 unspecified atom stereocenters. The minimum atomic E-state index is 0.549. The molecule has 1 rings (SSSR count). The van der Waals surface area contributed by atoms with E-state index in [1.807, 2.05) is 0 Å². The molecule has 0 aliphatic carbocycles. The van der Waals surface area contributed by atoms with Gasteiger partial charge in [-0.25, -0.2) is 5.43 Å². The number of hydrogen-bond donors (Lipinski definition) is 2. The van der Waals surface area contributed by atoms with E-state index in [1.54, 1.807) is 6.08 Å². The molecule has 0 saturated carbocycles. The summed E-state index contributed by atoms with van der Waals surface area (Å²) in [5, 5.41) is 3.29. The van der Waals surface area contributed by atoms with Crippen molar-refractivity contribution >= 4 is 0 Å².